The van der Waals surface area contributed by atoms with Gasteiger partial charge in [0.1, 0.15) is 0 Å². The zero-order valence-electron chi connectivity index (χ0n) is 14.4. The second-order valence-corrected chi connectivity index (χ2v) is 6.61. The van der Waals surface area contributed by atoms with Crippen LogP contribution in [0.4, 0.5) is 4.79 Å². The summed E-state index contributed by atoms with van der Waals surface area (Å²) in [7, 11) is 3.05. The molecule has 0 aromatic carbocycles. The van der Waals surface area contributed by atoms with Crippen LogP contribution in [0.3, 0.4) is 0 Å². The van der Waals surface area contributed by atoms with Crippen molar-refractivity contribution in [1.82, 2.24) is 14.7 Å². The Bertz CT molecular complexity index is 634. The molecule has 0 aliphatic carbocycles. The fourth-order valence-electron chi connectivity index (χ4n) is 3.51. The summed E-state index contributed by atoms with van der Waals surface area (Å²) in [4.78, 5) is 46.0. The summed E-state index contributed by atoms with van der Waals surface area (Å²) in [5.41, 5.74) is 0. The predicted molar refractivity (Wildman–Crippen MR) is 88.0 cm³/mol. The fourth-order valence-corrected chi connectivity index (χ4v) is 3.51. The van der Waals surface area contributed by atoms with E-state index in [2.05, 4.69) is 4.99 Å². The van der Waals surface area contributed by atoms with Crippen LogP contribution in [0, 0.1) is 0 Å². The topological polar surface area (TPSA) is 76.3 Å². The Hall–Kier alpha value is -2.25. The number of carbonyl (C=O) groups excluding carboxylic acids is 3. The lowest BCUT2D eigenvalue weighted by atomic mass is 10.1. The van der Waals surface area contributed by atoms with Crippen molar-refractivity contribution in [1.29, 1.82) is 0 Å². The molecule has 130 valence electrons. The number of hydrogen-bond acceptors (Lipinski definition) is 4. The number of nitrogens with zero attached hydrogens (tertiary/aromatic N) is 5. The Morgan fingerprint density at radius 3 is 2.42 bits per heavy atom. The van der Waals surface area contributed by atoms with Gasteiger partial charge in [0.25, 0.3) is 30.0 Å². The van der Waals surface area contributed by atoms with Gasteiger partial charge in [0.05, 0.1) is 0 Å². The van der Waals surface area contributed by atoms with Crippen LogP contribution < -0.4 is 0 Å². The number of amidine groups is 1. The lowest BCUT2D eigenvalue weighted by Gasteiger charge is -2.32. The fraction of sp³-hybridized carbons (Fsp3) is 0.688. The van der Waals surface area contributed by atoms with Crippen molar-refractivity contribution in [3.63, 3.8) is 0 Å². The highest BCUT2D eigenvalue weighted by atomic mass is 16.2. The van der Waals surface area contributed by atoms with Gasteiger partial charge in [-0.2, -0.15) is 0 Å². The maximum Gasteiger partial charge on any atom is 0.333 e. The predicted octanol–water partition coefficient (Wildman–Crippen LogP) is 0.123. The molecule has 4 amide bonds. The zero-order valence-corrected chi connectivity index (χ0v) is 14.4. The molecule has 0 bridgehead atoms. The first kappa shape index (κ1) is 16.6. The van der Waals surface area contributed by atoms with Crippen LogP contribution >= 0.6 is 0 Å². The Morgan fingerprint density at radius 2 is 1.79 bits per heavy atom. The van der Waals surface area contributed by atoms with Crippen molar-refractivity contribution in [2.45, 2.75) is 44.7 Å². The Kier molecular flexibility index (Phi) is 4.38. The van der Waals surface area contributed by atoms with Gasteiger partial charge in [0, 0.05) is 27.2 Å². The monoisotopic (exact) mass is 334 g/mol. The number of imide groups is 1. The van der Waals surface area contributed by atoms with Gasteiger partial charge in [-0.05, 0) is 24.8 Å². The number of urea groups is 1. The average molecular weight is 334 g/mol. The number of likely N-dealkylation sites (tertiary alicyclic amines) is 1. The average Bonchev–Trinajstić information content (AvgIpc) is 2.84. The largest absolute Gasteiger partial charge is 0.339 e. The number of carbonyl (C=O) groups is 3. The Labute approximate surface area is 141 Å². The maximum absolute atomic E-state index is 12.9. The van der Waals surface area contributed by atoms with E-state index >= 15 is 0 Å². The number of amides is 4. The standard InChI is InChI=1S/C16H24N5O3/c1-11(14(22)20-8-6-4-5-7-9-20)21-10-17-13-12(21)15(23)19(3)16(24)18(13)2/h10-12H,4-9H2,1-3H3/q+1. The number of fused-ring (bicyclic) bond motifs is 1. The second kappa shape index (κ2) is 6.33. The van der Waals surface area contributed by atoms with E-state index < -0.39 is 18.1 Å². The first-order valence-electron chi connectivity index (χ1n) is 8.46. The lowest BCUT2D eigenvalue weighted by molar-refractivity contribution is -0.552. The van der Waals surface area contributed by atoms with Crippen LogP contribution in [0.1, 0.15) is 32.6 Å². The number of likely N-dealkylation sites (N-methyl/N-ethyl adjacent to an activating group) is 2. The molecule has 2 saturated heterocycles. The summed E-state index contributed by atoms with van der Waals surface area (Å²) in [6, 6.07) is -1.60. The molecule has 0 saturated carbocycles. The van der Waals surface area contributed by atoms with Gasteiger partial charge < -0.3 is 4.90 Å². The highest BCUT2D eigenvalue weighted by molar-refractivity contribution is 6.21. The molecule has 24 heavy (non-hydrogen) atoms. The molecule has 8 nitrogen and oxygen atoms in total. The number of rotatable bonds is 2. The second-order valence-electron chi connectivity index (χ2n) is 6.61. The van der Waals surface area contributed by atoms with Gasteiger partial charge in [-0.3, -0.25) is 19.4 Å². The van der Waals surface area contributed by atoms with E-state index in [9.17, 15) is 14.4 Å². The van der Waals surface area contributed by atoms with Gasteiger partial charge in [0.2, 0.25) is 0 Å². The van der Waals surface area contributed by atoms with Gasteiger partial charge >= 0.3 is 6.03 Å². The first-order valence-corrected chi connectivity index (χ1v) is 8.46. The van der Waals surface area contributed by atoms with Crippen molar-refractivity contribution < 1.29 is 19.0 Å². The molecule has 8 heteroatoms. The van der Waals surface area contributed by atoms with E-state index in [-0.39, 0.29) is 11.8 Å². The maximum atomic E-state index is 12.9. The normalized spacial score (nSPS) is 26.0. The molecule has 3 heterocycles. The van der Waals surface area contributed by atoms with Crippen molar-refractivity contribution in [2.24, 2.45) is 4.99 Å². The van der Waals surface area contributed by atoms with Crippen LogP contribution in [0.2, 0.25) is 0 Å². The van der Waals surface area contributed by atoms with Crippen LogP contribution in [-0.4, -0.2) is 88.6 Å². The van der Waals surface area contributed by atoms with Gasteiger partial charge in [-0.25, -0.2) is 9.37 Å². The van der Waals surface area contributed by atoms with Gasteiger partial charge in [0.15, 0.2) is 6.04 Å². The quantitative estimate of drug-likeness (QED) is 0.673. The molecule has 0 aromatic rings. The van der Waals surface area contributed by atoms with Crippen LogP contribution in [0.5, 0.6) is 0 Å². The highest BCUT2D eigenvalue weighted by Gasteiger charge is 2.52. The van der Waals surface area contributed by atoms with E-state index in [0.717, 1.165) is 43.7 Å². The summed E-state index contributed by atoms with van der Waals surface area (Å²) in [6.45, 7) is 3.33. The SMILES string of the molecule is CC(C(=O)N1CCCCCC1)[N+]1=CN=C2C1C(=O)N(C)C(=O)N2C. The molecule has 2 unspecified atom stereocenters. The van der Waals surface area contributed by atoms with Gasteiger partial charge in [-0.15, -0.1) is 0 Å². The molecule has 3 rings (SSSR count). The van der Waals surface area contributed by atoms with E-state index in [4.69, 9.17) is 0 Å². The van der Waals surface area contributed by atoms with Crippen LogP contribution in [-0.2, 0) is 9.59 Å². The third-order valence-corrected chi connectivity index (χ3v) is 5.07. The smallest absolute Gasteiger partial charge is 0.333 e. The molecular formula is C16H24N5O3+. The summed E-state index contributed by atoms with van der Waals surface area (Å²) in [5, 5.41) is 0. The Morgan fingerprint density at radius 1 is 1.17 bits per heavy atom. The third-order valence-electron chi connectivity index (χ3n) is 5.07. The van der Waals surface area contributed by atoms with Crippen LogP contribution in [0.25, 0.3) is 0 Å². The van der Waals surface area contributed by atoms with Crippen LogP contribution in [0.15, 0.2) is 4.99 Å². The molecule has 0 N–H and O–H groups in total. The highest BCUT2D eigenvalue weighted by Crippen LogP contribution is 2.20. The molecule has 3 aliphatic rings. The zero-order chi connectivity index (χ0) is 17.4. The van der Waals surface area contributed by atoms with Crippen molar-refractivity contribution in [3.8, 4) is 0 Å². The number of hydrogen-bond donors (Lipinski definition) is 0. The molecule has 2 atom stereocenters. The third kappa shape index (κ3) is 2.59. The lowest BCUT2D eigenvalue weighted by Crippen LogP contribution is -2.63. The van der Waals surface area contributed by atoms with E-state index in [1.54, 1.807) is 18.5 Å². The summed E-state index contributed by atoms with van der Waals surface area (Å²) in [5.74, 6) is 0.0549. The molecular weight excluding hydrogens is 310 g/mol. The summed E-state index contributed by atoms with van der Waals surface area (Å²) < 4.78 is 1.67. The first-order chi connectivity index (χ1) is 11.4. The van der Waals surface area contributed by atoms with Crippen molar-refractivity contribution >= 4 is 30.0 Å². The van der Waals surface area contributed by atoms with E-state index in [1.165, 1.54) is 18.3 Å². The van der Waals surface area contributed by atoms with Crippen molar-refractivity contribution in [2.75, 3.05) is 27.2 Å². The molecule has 0 radical (unpaired) electrons. The minimum Gasteiger partial charge on any atom is -0.339 e. The summed E-state index contributed by atoms with van der Waals surface area (Å²) in [6.07, 6.45) is 5.86. The minimum absolute atomic E-state index is 0.0135. The minimum atomic E-state index is -0.705. The number of aliphatic imine (C=N–C) groups is 1. The molecule has 0 aromatic heterocycles. The molecule has 0 spiro atoms. The van der Waals surface area contributed by atoms with E-state index in [1.807, 2.05) is 4.90 Å². The Balaban J connectivity index is 1.79. The summed E-state index contributed by atoms with van der Waals surface area (Å²) >= 11 is 0. The van der Waals surface area contributed by atoms with Crippen molar-refractivity contribution in [3.05, 3.63) is 0 Å². The molecule has 2 fully saturated rings. The van der Waals surface area contributed by atoms with Gasteiger partial charge in [-0.1, -0.05) is 12.8 Å². The van der Waals surface area contributed by atoms with E-state index in [0.29, 0.717) is 5.84 Å². The molecule has 3 aliphatic heterocycles.